The molecule has 0 heterocycles. The van der Waals surface area contributed by atoms with E-state index in [-0.39, 0.29) is 0 Å². The molecular weight excluding hydrogens is 246 g/mol. The second kappa shape index (κ2) is 5.68. The van der Waals surface area contributed by atoms with Gasteiger partial charge in [-0.3, -0.25) is 0 Å². The third kappa shape index (κ3) is 2.70. The van der Waals surface area contributed by atoms with Crippen LogP contribution in [0.15, 0.2) is 36.4 Å². The lowest BCUT2D eigenvalue weighted by molar-refractivity contribution is 0.478. The summed E-state index contributed by atoms with van der Waals surface area (Å²) in [5.74, 6) is 1.88. The van der Waals surface area contributed by atoms with Crippen LogP contribution in [0.5, 0.6) is 11.5 Å². The zero-order chi connectivity index (χ0) is 13.9. The van der Waals surface area contributed by atoms with Crippen molar-refractivity contribution in [3.63, 3.8) is 0 Å². The molecule has 3 rings (SSSR count). The van der Waals surface area contributed by atoms with Crippen molar-refractivity contribution in [3.8, 4) is 11.5 Å². The van der Waals surface area contributed by atoms with Crippen LogP contribution in [0.3, 0.4) is 0 Å². The van der Waals surface area contributed by atoms with Crippen LogP contribution in [0.2, 0.25) is 0 Å². The topological polar surface area (TPSA) is 35.2 Å². The second-order valence-electron chi connectivity index (χ2n) is 5.52. The number of fused-ring (bicyclic) bond motifs is 1. The van der Waals surface area contributed by atoms with Crippen LogP contribution in [0.1, 0.15) is 28.7 Å². The summed E-state index contributed by atoms with van der Waals surface area (Å²) in [6.45, 7) is 2.77. The van der Waals surface area contributed by atoms with Gasteiger partial charge in [-0.15, -0.1) is 0 Å². The number of hydrogen-bond donors (Lipinski definition) is 1. The molecule has 1 aliphatic carbocycles. The maximum Gasteiger partial charge on any atom is 0.130 e. The summed E-state index contributed by atoms with van der Waals surface area (Å²) in [6, 6.07) is 12.8. The van der Waals surface area contributed by atoms with Crippen LogP contribution >= 0.6 is 0 Å². The number of hydrogen-bond acceptors (Lipinski definition) is 2. The standard InChI is InChI=1S/C18H21NO/c1-13-11-14(9-10-19)5-8-18(13)20-17-7-6-15-3-2-4-16(15)12-17/h5-8,11-12H,2-4,9-10,19H2,1H3. The minimum atomic E-state index is 0.685. The lowest BCUT2D eigenvalue weighted by Gasteiger charge is -2.11. The molecule has 2 aromatic carbocycles. The van der Waals surface area contributed by atoms with Crippen molar-refractivity contribution in [1.29, 1.82) is 0 Å². The maximum atomic E-state index is 6.04. The van der Waals surface area contributed by atoms with Gasteiger partial charge in [0.25, 0.3) is 0 Å². The smallest absolute Gasteiger partial charge is 0.130 e. The Morgan fingerprint density at radius 3 is 2.70 bits per heavy atom. The monoisotopic (exact) mass is 267 g/mol. The first-order chi connectivity index (χ1) is 9.76. The molecule has 2 heteroatoms. The summed E-state index contributed by atoms with van der Waals surface area (Å²) in [4.78, 5) is 0. The van der Waals surface area contributed by atoms with Gasteiger partial charge in [-0.2, -0.15) is 0 Å². The van der Waals surface area contributed by atoms with Gasteiger partial charge >= 0.3 is 0 Å². The van der Waals surface area contributed by atoms with Crippen LogP contribution in [0.4, 0.5) is 0 Å². The number of nitrogens with two attached hydrogens (primary N) is 1. The summed E-state index contributed by atoms with van der Waals surface area (Å²) < 4.78 is 6.04. The zero-order valence-electron chi connectivity index (χ0n) is 12.0. The molecule has 2 aromatic rings. The van der Waals surface area contributed by atoms with Gasteiger partial charge in [-0.1, -0.05) is 18.2 Å². The Balaban J connectivity index is 1.80. The van der Waals surface area contributed by atoms with Crippen LogP contribution in [-0.4, -0.2) is 6.54 Å². The molecule has 0 aliphatic heterocycles. The number of rotatable bonds is 4. The molecule has 2 nitrogen and oxygen atoms in total. The fraction of sp³-hybridized carbons (Fsp3) is 0.333. The van der Waals surface area contributed by atoms with E-state index in [1.54, 1.807) is 0 Å². The number of aryl methyl sites for hydroxylation is 3. The van der Waals surface area contributed by atoms with Crippen LogP contribution in [0.25, 0.3) is 0 Å². The fourth-order valence-electron chi connectivity index (χ4n) is 2.89. The van der Waals surface area contributed by atoms with Gasteiger partial charge in [0.05, 0.1) is 0 Å². The lowest BCUT2D eigenvalue weighted by Crippen LogP contribution is -2.02. The molecule has 0 amide bonds. The van der Waals surface area contributed by atoms with Crippen LogP contribution < -0.4 is 10.5 Å². The van der Waals surface area contributed by atoms with Crippen molar-refractivity contribution in [2.24, 2.45) is 5.73 Å². The third-order valence-corrected chi connectivity index (χ3v) is 3.97. The quantitative estimate of drug-likeness (QED) is 0.915. The van der Waals surface area contributed by atoms with Gasteiger partial charge in [-0.05, 0) is 79.6 Å². The first-order valence-electron chi connectivity index (χ1n) is 7.35. The highest BCUT2D eigenvalue weighted by atomic mass is 16.5. The molecule has 0 saturated carbocycles. The molecule has 0 radical (unpaired) electrons. The largest absolute Gasteiger partial charge is 0.457 e. The van der Waals surface area contributed by atoms with E-state index in [2.05, 4.69) is 37.3 Å². The maximum absolute atomic E-state index is 6.04. The summed E-state index contributed by atoms with van der Waals surface area (Å²) in [5.41, 5.74) is 10.9. The summed E-state index contributed by atoms with van der Waals surface area (Å²) in [5, 5.41) is 0. The first-order valence-corrected chi connectivity index (χ1v) is 7.35. The van der Waals surface area contributed by atoms with Crippen molar-refractivity contribution in [3.05, 3.63) is 58.7 Å². The average molecular weight is 267 g/mol. The molecule has 0 unspecified atom stereocenters. The molecule has 0 saturated heterocycles. The Bertz CT molecular complexity index is 619. The highest BCUT2D eigenvalue weighted by Gasteiger charge is 2.12. The normalized spacial score (nSPS) is 13.3. The molecular formula is C18H21NO. The Morgan fingerprint density at radius 2 is 1.90 bits per heavy atom. The zero-order valence-corrected chi connectivity index (χ0v) is 12.0. The minimum absolute atomic E-state index is 0.685. The van der Waals surface area contributed by atoms with Crippen LogP contribution in [0, 0.1) is 6.92 Å². The van der Waals surface area contributed by atoms with Gasteiger partial charge in [0, 0.05) is 0 Å². The van der Waals surface area contributed by atoms with E-state index in [0.717, 1.165) is 23.5 Å². The SMILES string of the molecule is Cc1cc(CCN)ccc1Oc1ccc2c(c1)CCC2. The van der Waals surface area contributed by atoms with Gasteiger partial charge in [0.2, 0.25) is 0 Å². The molecule has 20 heavy (non-hydrogen) atoms. The molecule has 0 spiro atoms. The summed E-state index contributed by atoms with van der Waals surface area (Å²) in [7, 11) is 0. The van der Waals surface area contributed by atoms with Crippen molar-refractivity contribution < 1.29 is 4.74 Å². The van der Waals surface area contributed by atoms with E-state index >= 15 is 0 Å². The van der Waals surface area contributed by atoms with Crippen molar-refractivity contribution in [2.75, 3.05) is 6.54 Å². The molecule has 1 aliphatic rings. The van der Waals surface area contributed by atoms with E-state index < -0.39 is 0 Å². The van der Waals surface area contributed by atoms with Gasteiger partial charge < -0.3 is 10.5 Å². The lowest BCUT2D eigenvalue weighted by atomic mass is 10.1. The first kappa shape index (κ1) is 13.2. The van der Waals surface area contributed by atoms with Gasteiger partial charge in [0.15, 0.2) is 0 Å². The summed E-state index contributed by atoms with van der Waals surface area (Å²) >= 11 is 0. The van der Waals surface area contributed by atoms with Gasteiger partial charge in [0.1, 0.15) is 11.5 Å². The minimum Gasteiger partial charge on any atom is -0.457 e. The van der Waals surface area contributed by atoms with E-state index in [1.807, 2.05) is 6.07 Å². The third-order valence-electron chi connectivity index (χ3n) is 3.97. The summed E-state index contributed by atoms with van der Waals surface area (Å²) in [6.07, 6.45) is 4.58. The highest BCUT2D eigenvalue weighted by molar-refractivity contribution is 5.43. The van der Waals surface area contributed by atoms with Crippen molar-refractivity contribution in [1.82, 2.24) is 0 Å². The number of ether oxygens (including phenoxy) is 1. The molecule has 0 atom stereocenters. The molecule has 2 N–H and O–H groups in total. The Kier molecular flexibility index (Phi) is 3.75. The predicted molar refractivity (Wildman–Crippen MR) is 82.5 cm³/mol. The van der Waals surface area contributed by atoms with E-state index in [1.165, 1.54) is 36.0 Å². The highest BCUT2D eigenvalue weighted by Crippen LogP contribution is 2.30. The van der Waals surface area contributed by atoms with E-state index in [4.69, 9.17) is 10.5 Å². The van der Waals surface area contributed by atoms with Crippen molar-refractivity contribution in [2.45, 2.75) is 32.6 Å². The Morgan fingerprint density at radius 1 is 1.05 bits per heavy atom. The molecule has 0 bridgehead atoms. The Labute approximate surface area is 120 Å². The molecule has 0 aromatic heterocycles. The fourth-order valence-corrected chi connectivity index (χ4v) is 2.89. The number of benzene rings is 2. The molecule has 104 valence electrons. The van der Waals surface area contributed by atoms with E-state index in [0.29, 0.717) is 6.54 Å². The Hall–Kier alpha value is -1.80. The predicted octanol–water partition coefficient (Wildman–Crippen LogP) is 3.78. The molecule has 0 fully saturated rings. The second-order valence-corrected chi connectivity index (χ2v) is 5.52. The van der Waals surface area contributed by atoms with Gasteiger partial charge in [-0.25, -0.2) is 0 Å². The van der Waals surface area contributed by atoms with Crippen molar-refractivity contribution >= 4 is 0 Å². The van der Waals surface area contributed by atoms with E-state index in [9.17, 15) is 0 Å². The average Bonchev–Trinajstić information content (AvgIpc) is 2.90. The van der Waals surface area contributed by atoms with Crippen LogP contribution in [-0.2, 0) is 19.3 Å².